The van der Waals surface area contributed by atoms with Gasteiger partial charge in [-0.15, -0.1) is 0 Å². The van der Waals surface area contributed by atoms with E-state index in [-0.39, 0.29) is 69.8 Å². The van der Waals surface area contributed by atoms with Crippen molar-refractivity contribution in [3.05, 3.63) is 71.9 Å². The number of aliphatic hydroxyl groups is 1. The zero-order valence-electron chi connectivity index (χ0n) is 36.1. The van der Waals surface area contributed by atoms with Crippen LogP contribution in [0.25, 0.3) is 10.9 Å². The van der Waals surface area contributed by atoms with Gasteiger partial charge in [0.25, 0.3) is 0 Å². The second-order valence-corrected chi connectivity index (χ2v) is 15.8. The lowest BCUT2D eigenvalue weighted by Crippen LogP contribution is -2.61. The number of benzene rings is 2. The minimum atomic E-state index is -1.73. The molecule has 0 saturated carbocycles. The monoisotopic (exact) mass is 889 g/mol. The number of aromatic nitrogens is 1. The first-order chi connectivity index (χ1) is 30.6. The summed E-state index contributed by atoms with van der Waals surface area (Å²) in [6.45, 7) is 0.510. The number of nitrogens with two attached hydrogens (primary N) is 4. The van der Waals surface area contributed by atoms with Crippen molar-refractivity contribution in [2.24, 2.45) is 27.9 Å². The first-order valence-corrected chi connectivity index (χ1v) is 21.4. The average Bonchev–Trinajstić information content (AvgIpc) is 3.66. The summed E-state index contributed by atoms with van der Waals surface area (Å²) in [7, 11) is 1.53. The number of nitrogens with zero attached hydrogens (tertiary/aromatic N) is 1. The Balaban J connectivity index is 1.73. The molecule has 0 radical (unpaired) electrons. The number of ketones is 1. The highest BCUT2D eigenvalue weighted by Gasteiger charge is 2.34. The van der Waals surface area contributed by atoms with Crippen LogP contribution in [0.4, 0.5) is 0 Å². The van der Waals surface area contributed by atoms with E-state index in [1.165, 1.54) is 7.05 Å². The van der Waals surface area contributed by atoms with Crippen molar-refractivity contribution in [2.75, 3.05) is 26.7 Å². The van der Waals surface area contributed by atoms with Crippen LogP contribution >= 0.6 is 0 Å². The highest BCUT2D eigenvalue weighted by Crippen LogP contribution is 2.20. The van der Waals surface area contributed by atoms with Gasteiger partial charge in [0.2, 0.25) is 35.4 Å². The first kappa shape index (κ1) is 50.2. The molecule has 1 saturated heterocycles. The first-order valence-electron chi connectivity index (χ1n) is 21.4. The van der Waals surface area contributed by atoms with Crippen molar-refractivity contribution >= 4 is 58.1 Å². The number of carbonyl (C=O) groups is 7. The Morgan fingerprint density at radius 1 is 0.797 bits per heavy atom. The topological polar surface area (TPSA) is 356 Å². The number of aliphatic hydroxyl groups excluding tert-OH is 1. The van der Waals surface area contributed by atoms with Crippen molar-refractivity contribution in [1.82, 2.24) is 42.2 Å². The maximum absolute atomic E-state index is 14.4. The van der Waals surface area contributed by atoms with Crippen molar-refractivity contribution in [1.29, 1.82) is 0 Å². The number of amides is 6. The van der Waals surface area contributed by atoms with E-state index in [0.29, 0.717) is 30.5 Å². The number of carbonyl (C=O) groups excluding carboxylic acids is 7. The fourth-order valence-corrected chi connectivity index (χ4v) is 7.37. The Kier molecular flexibility index (Phi) is 20.1. The van der Waals surface area contributed by atoms with E-state index in [1.807, 2.05) is 24.3 Å². The molecule has 348 valence electrons. The minimum Gasteiger partial charge on any atom is -0.376 e. The summed E-state index contributed by atoms with van der Waals surface area (Å²) in [5, 5.41) is 32.0. The SMILES string of the molecule is CN[C@H]1CCC(=O)CNCCCC[C@@H](C(N)=O)NC(=O)[C@H](Cc2c[nH]c3ccccc23)NC(=O)[C@H](CCCN=C(N)N)NC(=O)[C@@H](Cc2ccccc2)NC(O)[C@H](CC(N)=O)NC1=O. The van der Waals surface area contributed by atoms with Crippen LogP contribution in [0.5, 0.6) is 0 Å². The van der Waals surface area contributed by atoms with E-state index >= 15 is 0 Å². The van der Waals surface area contributed by atoms with Crippen LogP contribution in [0.1, 0.15) is 62.5 Å². The molecule has 1 aliphatic rings. The van der Waals surface area contributed by atoms with Crippen LogP contribution in [0, 0.1) is 0 Å². The zero-order valence-corrected chi connectivity index (χ0v) is 36.1. The summed E-state index contributed by atoms with van der Waals surface area (Å²) in [6, 6.07) is 8.99. The van der Waals surface area contributed by atoms with Gasteiger partial charge in [0.1, 0.15) is 30.1 Å². The molecule has 21 nitrogen and oxygen atoms in total. The molecule has 2 heterocycles. The normalized spacial score (nSPS) is 24.2. The number of primary amides is 2. The van der Waals surface area contributed by atoms with Gasteiger partial charge in [-0.1, -0.05) is 48.5 Å². The summed E-state index contributed by atoms with van der Waals surface area (Å²) in [4.78, 5) is 101. The second kappa shape index (κ2) is 25.6. The third-order valence-corrected chi connectivity index (χ3v) is 10.9. The molecule has 2 aromatic carbocycles. The van der Waals surface area contributed by atoms with E-state index in [1.54, 1.807) is 36.5 Å². The Morgan fingerprint density at radius 3 is 2.19 bits per heavy atom. The predicted molar refractivity (Wildman–Crippen MR) is 240 cm³/mol. The number of guanidine groups is 1. The summed E-state index contributed by atoms with van der Waals surface area (Å²) in [6.07, 6.45) is 0.843. The molecular weight excluding hydrogens is 827 g/mol. The van der Waals surface area contributed by atoms with Crippen molar-refractivity contribution in [2.45, 2.75) is 107 Å². The lowest BCUT2D eigenvalue weighted by molar-refractivity contribution is -0.134. The number of fused-ring (bicyclic) bond motifs is 1. The van der Waals surface area contributed by atoms with E-state index in [0.717, 1.165) is 10.9 Å². The Morgan fingerprint density at radius 2 is 1.48 bits per heavy atom. The number of aliphatic imine (C=N–C) groups is 1. The van der Waals surface area contributed by atoms with Gasteiger partial charge in [0, 0.05) is 36.5 Å². The third-order valence-electron chi connectivity index (χ3n) is 10.9. The van der Waals surface area contributed by atoms with Gasteiger partial charge in [-0.05, 0) is 75.7 Å². The zero-order chi connectivity index (χ0) is 46.6. The lowest BCUT2D eigenvalue weighted by atomic mass is 10.0. The molecule has 6 amide bonds. The van der Waals surface area contributed by atoms with Crippen LogP contribution in [0.3, 0.4) is 0 Å². The van der Waals surface area contributed by atoms with E-state index in [4.69, 9.17) is 22.9 Å². The highest BCUT2D eigenvalue weighted by atomic mass is 16.3. The maximum atomic E-state index is 14.4. The third kappa shape index (κ3) is 16.4. The van der Waals surface area contributed by atoms with Gasteiger partial charge in [0.05, 0.1) is 31.1 Å². The number of hydrogen-bond acceptors (Lipinski definition) is 12. The number of likely N-dealkylation sites (N-methyl/N-ethyl adjacent to an activating group) is 1. The highest BCUT2D eigenvalue weighted by molar-refractivity contribution is 5.95. The molecule has 21 heteroatoms. The molecule has 0 spiro atoms. The molecule has 7 atom stereocenters. The number of nitrogens with one attached hydrogen (secondary N) is 8. The molecule has 4 rings (SSSR count). The van der Waals surface area contributed by atoms with Gasteiger partial charge in [-0.3, -0.25) is 43.9 Å². The maximum Gasteiger partial charge on any atom is 0.243 e. The largest absolute Gasteiger partial charge is 0.376 e. The predicted octanol–water partition coefficient (Wildman–Crippen LogP) is -2.71. The molecule has 1 fully saturated rings. The van der Waals surface area contributed by atoms with Crippen LogP contribution in [0.15, 0.2) is 65.8 Å². The number of para-hydroxylation sites is 1. The van der Waals surface area contributed by atoms with Crippen LogP contribution in [-0.4, -0.2) is 126 Å². The van der Waals surface area contributed by atoms with E-state index in [9.17, 15) is 38.7 Å². The molecule has 0 bridgehead atoms. The molecular formula is C43H63N13O8. The van der Waals surface area contributed by atoms with Crippen LogP contribution in [-0.2, 0) is 46.4 Å². The fourth-order valence-electron chi connectivity index (χ4n) is 7.37. The van der Waals surface area contributed by atoms with Crippen molar-refractivity contribution in [3.8, 4) is 0 Å². The number of rotatable bonds is 12. The summed E-state index contributed by atoms with van der Waals surface area (Å²) in [5.74, 6) is -4.83. The molecule has 1 aromatic heterocycles. The molecule has 0 aliphatic carbocycles. The molecule has 3 aromatic rings. The number of aromatic amines is 1. The van der Waals surface area contributed by atoms with Crippen molar-refractivity contribution in [3.63, 3.8) is 0 Å². The minimum absolute atomic E-state index is 0.0103. The standard InChI is InChI=1S/C43H63N13O8/c1-48-31-17-16-27(57)24-49-18-8-7-14-30(37(45)59)52-41(63)34(21-26-23-51-29-13-6-5-12-28(26)29)55-39(61)32(15-9-19-50-43(46)47)53-40(62)33(20-25-10-3-2-4-11-25)54-42(64)35(22-36(44)58)56-38(31)60/h2-6,10-13,23,30-35,42,48-49,51,54,64H,7-9,14-22,24H2,1H3,(H2,44,58)(H2,45,59)(H,52,63)(H,53,62)(H,55,61)(H,56,60)(H4,46,47,50)/t30-,31-,32-,33+,34-,35-,42?/m0/s1. The van der Waals surface area contributed by atoms with E-state index < -0.39 is 84.3 Å². The van der Waals surface area contributed by atoms with Gasteiger partial charge >= 0.3 is 0 Å². The van der Waals surface area contributed by atoms with Crippen LogP contribution in [0.2, 0.25) is 0 Å². The van der Waals surface area contributed by atoms with Gasteiger partial charge in [0.15, 0.2) is 5.96 Å². The van der Waals surface area contributed by atoms with Crippen molar-refractivity contribution < 1.29 is 38.7 Å². The number of Topliss-reactive ketones (excluding diaryl/α,β-unsaturated/α-hetero) is 1. The van der Waals surface area contributed by atoms with Crippen LogP contribution < -0.4 is 60.2 Å². The summed E-state index contributed by atoms with van der Waals surface area (Å²) < 4.78 is 0. The quantitative estimate of drug-likeness (QED) is 0.0501. The van der Waals surface area contributed by atoms with Gasteiger partial charge < -0.3 is 64.9 Å². The van der Waals surface area contributed by atoms with E-state index in [2.05, 4.69) is 47.2 Å². The molecule has 1 unspecified atom stereocenters. The Hall–Kier alpha value is -6.42. The van der Waals surface area contributed by atoms with Gasteiger partial charge in [-0.25, -0.2) is 0 Å². The smallest absolute Gasteiger partial charge is 0.243 e. The number of H-pyrrole nitrogens is 1. The number of hydrogen-bond donors (Lipinski definition) is 13. The summed E-state index contributed by atoms with van der Waals surface area (Å²) >= 11 is 0. The summed E-state index contributed by atoms with van der Waals surface area (Å²) in [5.41, 5.74) is 24.5. The Bertz CT molecular complexity index is 2080. The average molecular weight is 890 g/mol. The lowest BCUT2D eigenvalue weighted by Gasteiger charge is -2.30. The second-order valence-electron chi connectivity index (χ2n) is 15.8. The fraction of sp³-hybridized carbons (Fsp3) is 0.488. The van der Waals surface area contributed by atoms with Gasteiger partial charge in [-0.2, -0.15) is 0 Å². The molecule has 64 heavy (non-hydrogen) atoms. The Labute approximate surface area is 371 Å². The molecule has 17 N–H and O–H groups in total. The molecule has 1 aliphatic heterocycles.